The molecule has 0 amide bonds. The van der Waals surface area contributed by atoms with Gasteiger partial charge in [0, 0.05) is 12.7 Å². The molecule has 0 atom stereocenters. The smallest absolute Gasteiger partial charge is 0.123 e. The molecule has 0 fully saturated rings. The lowest BCUT2D eigenvalue weighted by Crippen LogP contribution is -2.09. The fraction of sp³-hybridized carbons (Fsp3) is 0.0833. The maximum Gasteiger partial charge on any atom is 0.123 e. The molecule has 3 nitrogen and oxygen atoms in total. The highest BCUT2D eigenvalue weighted by Crippen LogP contribution is 2.22. The summed E-state index contributed by atoms with van der Waals surface area (Å²) in [6.45, 7) is 0. The Morgan fingerprint density at radius 2 is 1.73 bits per heavy atom. The average molecular weight is 199 g/mol. The molecule has 1 aromatic carbocycles. The number of hydrogen-bond donors (Lipinski definition) is 1. The summed E-state index contributed by atoms with van der Waals surface area (Å²) < 4.78 is 0. The van der Waals surface area contributed by atoms with Gasteiger partial charge in [-0.15, -0.1) is 0 Å². The summed E-state index contributed by atoms with van der Waals surface area (Å²) >= 11 is 0. The maximum atomic E-state index is 5.54. The third-order valence-electron chi connectivity index (χ3n) is 2.30. The van der Waals surface area contributed by atoms with E-state index < -0.39 is 0 Å². The quantitative estimate of drug-likeness (QED) is 0.807. The van der Waals surface area contributed by atoms with Crippen molar-refractivity contribution in [1.82, 2.24) is 4.98 Å². The van der Waals surface area contributed by atoms with Gasteiger partial charge in [-0.05, 0) is 24.3 Å². The van der Waals surface area contributed by atoms with Crippen LogP contribution in [0.3, 0.4) is 0 Å². The van der Waals surface area contributed by atoms with E-state index in [-0.39, 0.29) is 0 Å². The largest absolute Gasteiger partial charge is 0.384 e. The number of benzene rings is 1. The molecule has 0 aliphatic rings. The zero-order chi connectivity index (χ0) is 10.7. The maximum absolute atomic E-state index is 5.54. The van der Waals surface area contributed by atoms with Gasteiger partial charge in [-0.3, -0.25) is 0 Å². The number of nitrogens with zero attached hydrogens (tertiary/aromatic N) is 2. The van der Waals surface area contributed by atoms with Gasteiger partial charge >= 0.3 is 0 Å². The molecule has 0 unspecified atom stereocenters. The standard InChI is InChI=1S/C12H13N3/c1-15(10-5-3-2-4-6-10)11-7-8-12(13)14-9-11/h2-9H,1H3,(H2,13,14). The average Bonchev–Trinajstić information content (AvgIpc) is 2.30. The van der Waals surface area contributed by atoms with E-state index in [4.69, 9.17) is 5.73 Å². The lowest BCUT2D eigenvalue weighted by Gasteiger charge is -2.18. The van der Waals surface area contributed by atoms with E-state index in [2.05, 4.69) is 22.0 Å². The summed E-state index contributed by atoms with van der Waals surface area (Å²) in [4.78, 5) is 6.12. The molecule has 15 heavy (non-hydrogen) atoms. The van der Waals surface area contributed by atoms with Gasteiger partial charge in [0.05, 0.1) is 11.9 Å². The van der Waals surface area contributed by atoms with Crippen molar-refractivity contribution >= 4 is 17.2 Å². The second kappa shape index (κ2) is 4.00. The first-order valence-corrected chi connectivity index (χ1v) is 4.77. The predicted octanol–water partition coefficient (Wildman–Crippen LogP) is 2.43. The van der Waals surface area contributed by atoms with Gasteiger partial charge in [0.15, 0.2) is 0 Å². The van der Waals surface area contributed by atoms with Crippen molar-refractivity contribution in [2.45, 2.75) is 0 Å². The van der Waals surface area contributed by atoms with Crippen molar-refractivity contribution in [3.63, 3.8) is 0 Å². The zero-order valence-corrected chi connectivity index (χ0v) is 8.59. The van der Waals surface area contributed by atoms with Gasteiger partial charge in [0.2, 0.25) is 0 Å². The molecule has 0 saturated carbocycles. The number of anilines is 3. The summed E-state index contributed by atoms with van der Waals surface area (Å²) in [5.74, 6) is 0.542. The minimum Gasteiger partial charge on any atom is -0.384 e. The van der Waals surface area contributed by atoms with Crippen LogP contribution >= 0.6 is 0 Å². The lowest BCUT2D eigenvalue weighted by molar-refractivity contribution is 1.18. The number of aromatic nitrogens is 1. The Labute approximate surface area is 89.2 Å². The number of nitrogen functional groups attached to an aromatic ring is 1. The van der Waals surface area contributed by atoms with Gasteiger partial charge < -0.3 is 10.6 Å². The topological polar surface area (TPSA) is 42.1 Å². The van der Waals surface area contributed by atoms with Crippen molar-refractivity contribution in [1.29, 1.82) is 0 Å². The number of hydrogen-bond acceptors (Lipinski definition) is 3. The Morgan fingerprint density at radius 1 is 1.00 bits per heavy atom. The number of rotatable bonds is 2. The molecular formula is C12H13N3. The van der Waals surface area contributed by atoms with Crippen molar-refractivity contribution in [3.05, 3.63) is 48.7 Å². The number of nitrogens with two attached hydrogens (primary N) is 1. The summed E-state index contributed by atoms with van der Waals surface area (Å²) in [5, 5.41) is 0. The van der Waals surface area contributed by atoms with E-state index in [0.29, 0.717) is 5.82 Å². The SMILES string of the molecule is CN(c1ccccc1)c1ccc(N)nc1. The Balaban J connectivity index is 2.29. The first-order chi connectivity index (χ1) is 7.27. The fourth-order valence-electron chi connectivity index (χ4n) is 1.40. The monoisotopic (exact) mass is 199 g/mol. The van der Waals surface area contributed by atoms with Crippen LogP contribution in [0.4, 0.5) is 17.2 Å². The van der Waals surface area contributed by atoms with Crippen LogP contribution in [0.2, 0.25) is 0 Å². The first-order valence-electron chi connectivity index (χ1n) is 4.77. The molecular weight excluding hydrogens is 186 g/mol. The first kappa shape index (κ1) is 9.52. The van der Waals surface area contributed by atoms with Crippen molar-refractivity contribution in [2.75, 3.05) is 17.7 Å². The second-order valence-corrected chi connectivity index (χ2v) is 3.34. The van der Waals surface area contributed by atoms with Crippen molar-refractivity contribution < 1.29 is 0 Å². The molecule has 2 rings (SSSR count). The fourth-order valence-corrected chi connectivity index (χ4v) is 1.40. The van der Waals surface area contributed by atoms with Gasteiger partial charge in [-0.2, -0.15) is 0 Å². The lowest BCUT2D eigenvalue weighted by atomic mass is 10.3. The third kappa shape index (κ3) is 2.07. The molecule has 2 N–H and O–H groups in total. The minimum absolute atomic E-state index is 0.542. The van der Waals surface area contributed by atoms with E-state index in [1.54, 1.807) is 12.3 Å². The van der Waals surface area contributed by atoms with Crippen LogP contribution in [-0.2, 0) is 0 Å². The van der Waals surface area contributed by atoms with Crippen LogP contribution < -0.4 is 10.6 Å². The molecule has 3 heteroatoms. The van der Waals surface area contributed by atoms with Gasteiger partial charge in [0.1, 0.15) is 5.82 Å². The van der Waals surface area contributed by atoms with Gasteiger partial charge in [-0.1, -0.05) is 18.2 Å². The highest BCUT2D eigenvalue weighted by Gasteiger charge is 2.02. The van der Waals surface area contributed by atoms with Crippen LogP contribution in [0.15, 0.2) is 48.7 Å². The molecule has 1 heterocycles. The third-order valence-corrected chi connectivity index (χ3v) is 2.30. The Hall–Kier alpha value is -2.03. The summed E-state index contributed by atoms with van der Waals surface area (Å²) in [6.07, 6.45) is 1.77. The van der Waals surface area contributed by atoms with Crippen LogP contribution in [0.25, 0.3) is 0 Å². The van der Waals surface area contributed by atoms with Crippen LogP contribution in [-0.4, -0.2) is 12.0 Å². The van der Waals surface area contributed by atoms with Gasteiger partial charge in [-0.25, -0.2) is 4.98 Å². The highest BCUT2D eigenvalue weighted by molar-refractivity contribution is 5.62. The molecule has 1 aromatic heterocycles. The molecule has 0 saturated heterocycles. The Bertz CT molecular complexity index is 422. The molecule has 0 aliphatic carbocycles. The van der Waals surface area contributed by atoms with Crippen LogP contribution in [0.5, 0.6) is 0 Å². The molecule has 0 spiro atoms. The molecule has 76 valence electrons. The van der Waals surface area contributed by atoms with E-state index in [1.807, 2.05) is 31.3 Å². The Morgan fingerprint density at radius 3 is 2.33 bits per heavy atom. The predicted molar refractivity (Wildman–Crippen MR) is 63.2 cm³/mol. The number of para-hydroxylation sites is 1. The van der Waals surface area contributed by atoms with Crippen LogP contribution in [0, 0.1) is 0 Å². The van der Waals surface area contributed by atoms with E-state index in [9.17, 15) is 0 Å². The molecule has 0 aliphatic heterocycles. The Kier molecular flexibility index (Phi) is 2.54. The van der Waals surface area contributed by atoms with Crippen molar-refractivity contribution in [2.24, 2.45) is 0 Å². The van der Waals surface area contributed by atoms with E-state index in [1.165, 1.54) is 0 Å². The summed E-state index contributed by atoms with van der Waals surface area (Å²) in [7, 11) is 2.00. The zero-order valence-electron chi connectivity index (χ0n) is 8.59. The van der Waals surface area contributed by atoms with Crippen molar-refractivity contribution in [3.8, 4) is 0 Å². The van der Waals surface area contributed by atoms with E-state index in [0.717, 1.165) is 11.4 Å². The molecule has 0 bridgehead atoms. The minimum atomic E-state index is 0.542. The summed E-state index contributed by atoms with van der Waals surface area (Å²) in [5.41, 5.74) is 7.69. The van der Waals surface area contributed by atoms with Crippen LogP contribution in [0.1, 0.15) is 0 Å². The summed E-state index contributed by atoms with van der Waals surface area (Å²) in [6, 6.07) is 13.9. The highest BCUT2D eigenvalue weighted by atomic mass is 15.1. The number of pyridine rings is 1. The molecule has 0 radical (unpaired) electrons. The second-order valence-electron chi connectivity index (χ2n) is 3.34. The van der Waals surface area contributed by atoms with E-state index >= 15 is 0 Å². The normalized spacial score (nSPS) is 9.93. The van der Waals surface area contributed by atoms with Gasteiger partial charge in [0.25, 0.3) is 0 Å². The molecule has 2 aromatic rings.